The van der Waals surface area contributed by atoms with E-state index < -0.39 is 0 Å². The van der Waals surface area contributed by atoms with Gasteiger partial charge in [-0.1, -0.05) is 32.0 Å². The van der Waals surface area contributed by atoms with Crippen LogP contribution in [-0.4, -0.2) is 25.0 Å². The zero-order chi connectivity index (χ0) is 15.9. The number of para-hydroxylation sites is 1. The van der Waals surface area contributed by atoms with Crippen LogP contribution in [0.5, 0.6) is 0 Å². The number of nitrogens with one attached hydrogen (secondary N) is 2. The number of carbonyl (C=O) groups excluding carboxylic acids is 1. The molecule has 1 aliphatic rings. The Morgan fingerprint density at radius 1 is 1.26 bits per heavy atom. The van der Waals surface area contributed by atoms with Crippen LogP contribution < -0.4 is 16.4 Å². The van der Waals surface area contributed by atoms with Crippen molar-refractivity contribution in [2.24, 2.45) is 16.6 Å². The highest BCUT2D eigenvalue weighted by Crippen LogP contribution is 2.28. The molecule has 0 heterocycles. The number of halogens is 1. The highest BCUT2D eigenvalue weighted by molar-refractivity contribution is 14.0. The third-order valence-electron chi connectivity index (χ3n) is 3.89. The molecular weight excluding hydrogens is 403 g/mol. The van der Waals surface area contributed by atoms with Crippen LogP contribution in [-0.2, 0) is 17.6 Å². The van der Waals surface area contributed by atoms with Crippen LogP contribution in [0, 0.1) is 5.92 Å². The number of nitrogens with zero attached hydrogens (tertiary/aromatic N) is 1. The first-order valence-corrected chi connectivity index (χ1v) is 8.11. The van der Waals surface area contributed by atoms with Crippen LogP contribution >= 0.6 is 24.0 Å². The van der Waals surface area contributed by atoms with Crippen molar-refractivity contribution < 1.29 is 4.79 Å². The van der Waals surface area contributed by atoms with E-state index in [9.17, 15) is 4.79 Å². The first-order chi connectivity index (χ1) is 10.7. The zero-order valence-electron chi connectivity index (χ0n) is 13.9. The topological polar surface area (TPSA) is 79.5 Å². The number of amides is 1. The summed E-state index contributed by atoms with van der Waals surface area (Å²) in [5.41, 5.74) is 9.51. The van der Waals surface area contributed by atoms with Gasteiger partial charge in [0.05, 0.1) is 6.54 Å². The number of hydrogen-bond donors (Lipinski definition) is 3. The van der Waals surface area contributed by atoms with Gasteiger partial charge in [-0.2, -0.15) is 0 Å². The second kappa shape index (κ2) is 9.75. The van der Waals surface area contributed by atoms with Crippen LogP contribution in [0.3, 0.4) is 0 Å². The molecule has 0 aliphatic heterocycles. The Labute approximate surface area is 155 Å². The highest BCUT2D eigenvalue weighted by Gasteiger charge is 2.28. The fourth-order valence-corrected chi connectivity index (χ4v) is 2.42. The van der Waals surface area contributed by atoms with Crippen LogP contribution in [0.2, 0.25) is 0 Å². The normalized spacial score (nSPS) is 14.1. The van der Waals surface area contributed by atoms with Crippen LogP contribution in [0.15, 0.2) is 23.2 Å². The number of anilines is 1. The summed E-state index contributed by atoms with van der Waals surface area (Å²) in [4.78, 5) is 15.8. The summed E-state index contributed by atoms with van der Waals surface area (Å²) in [6.07, 6.45) is 3.93. The van der Waals surface area contributed by atoms with Crippen LogP contribution in [0.4, 0.5) is 5.69 Å². The summed E-state index contributed by atoms with van der Waals surface area (Å²) in [7, 11) is 0. The third kappa shape index (κ3) is 6.01. The lowest BCUT2D eigenvalue weighted by atomic mass is 10.0. The monoisotopic (exact) mass is 430 g/mol. The van der Waals surface area contributed by atoms with Gasteiger partial charge in [0.25, 0.3) is 0 Å². The van der Waals surface area contributed by atoms with Crippen molar-refractivity contribution in [3.05, 3.63) is 29.3 Å². The minimum absolute atomic E-state index is 0. The fourth-order valence-electron chi connectivity index (χ4n) is 2.42. The molecule has 5 nitrogen and oxygen atoms in total. The van der Waals surface area contributed by atoms with E-state index in [0.29, 0.717) is 19.0 Å². The molecule has 1 saturated carbocycles. The van der Waals surface area contributed by atoms with E-state index in [0.717, 1.165) is 31.4 Å². The molecule has 23 heavy (non-hydrogen) atoms. The van der Waals surface area contributed by atoms with E-state index in [4.69, 9.17) is 5.73 Å². The van der Waals surface area contributed by atoms with Crippen molar-refractivity contribution in [1.82, 2.24) is 5.32 Å². The molecule has 0 bridgehead atoms. The van der Waals surface area contributed by atoms with E-state index in [1.54, 1.807) is 0 Å². The molecular formula is C17H27IN4O. The summed E-state index contributed by atoms with van der Waals surface area (Å²) < 4.78 is 0. The molecule has 0 atom stereocenters. The van der Waals surface area contributed by atoms with Crippen molar-refractivity contribution in [3.63, 3.8) is 0 Å². The molecule has 0 radical (unpaired) electrons. The largest absolute Gasteiger partial charge is 0.370 e. The number of carbonyl (C=O) groups is 1. The van der Waals surface area contributed by atoms with Gasteiger partial charge in [-0.15, -0.1) is 24.0 Å². The highest BCUT2D eigenvalue weighted by atomic mass is 127. The Bertz CT molecular complexity index is 533. The van der Waals surface area contributed by atoms with Gasteiger partial charge in [0.1, 0.15) is 0 Å². The van der Waals surface area contributed by atoms with Gasteiger partial charge in [0.15, 0.2) is 5.96 Å². The molecule has 1 aliphatic carbocycles. The molecule has 4 N–H and O–H groups in total. The van der Waals surface area contributed by atoms with Crippen molar-refractivity contribution in [1.29, 1.82) is 0 Å². The van der Waals surface area contributed by atoms with Gasteiger partial charge in [0.2, 0.25) is 5.91 Å². The Morgan fingerprint density at radius 3 is 2.39 bits per heavy atom. The predicted molar refractivity (Wildman–Crippen MR) is 106 cm³/mol. The number of rotatable bonds is 7. The van der Waals surface area contributed by atoms with Gasteiger partial charge in [-0.25, -0.2) is 0 Å². The zero-order valence-corrected chi connectivity index (χ0v) is 16.2. The fraction of sp³-hybridized carbons (Fsp3) is 0.529. The van der Waals surface area contributed by atoms with Crippen LogP contribution in [0.25, 0.3) is 0 Å². The van der Waals surface area contributed by atoms with Crippen LogP contribution in [0.1, 0.15) is 37.8 Å². The van der Waals surface area contributed by atoms with E-state index >= 15 is 0 Å². The second-order valence-electron chi connectivity index (χ2n) is 5.62. The second-order valence-corrected chi connectivity index (χ2v) is 5.62. The summed E-state index contributed by atoms with van der Waals surface area (Å²) in [5.74, 6) is 0.783. The van der Waals surface area contributed by atoms with Crippen molar-refractivity contribution in [2.45, 2.75) is 39.5 Å². The van der Waals surface area contributed by atoms with Gasteiger partial charge in [-0.05, 0) is 36.8 Å². The molecule has 1 aromatic rings. The minimum atomic E-state index is 0. The smallest absolute Gasteiger partial charge is 0.223 e. The van der Waals surface area contributed by atoms with Gasteiger partial charge >= 0.3 is 0 Å². The molecule has 0 unspecified atom stereocenters. The Balaban J connectivity index is 0.00000264. The van der Waals surface area contributed by atoms with Gasteiger partial charge < -0.3 is 16.4 Å². The maximum absolute atomic E-state index is 11.5. The lowest BCUT2D eigenvalue weighted by Crippen LogP contribution is -2.29. The number of aliphatic imine (C=N–C) groups is 1. The first-order valence-electron chi connectivity index (χ1n) is 8.11. The van der Waals surface area contributed by atoms with E-state index in [2.05, 4.69) is 47.7 Å². The quantitative estimate of drug-likeness (QED) is 0.269. The SMILES string of the molecule is CCc1cccc(CC)c1NC(N)=NCCNC(=O)C1CC1.I. The number of nitrogens with two attached hydrogens (primary N) is 1. The number of guanidine groups is 1. The van der Waals surface area contributed by atoms with E-state index in [1.165, 1.54) is 11.1 Å². The molecule has 0 saturated heterocycles. The van der Waals surface area contributed by atoms with Crippen molar-refractivity contribution >= 4 is 41.5 Å². The average Bonchev–Trinajstić information content (AvgIpc) is 3.36. The van der Waals surface area contributed by atoms with E-state index in [-0.39, 0.29) is 35.8 Å². The minimum Gasteiger partial charge on any atom is -0.370 e. The molecule has 1 aromatic carbocycles. The standard InChI is InChI=1S/C17H26N4O.HI/c1-3-12-6-5-7-13(4-2)15(12)21-17(18)20-11-10-19-16(22)14-8-9-14;/h5-7,14H,3-4,8-11H2,1-2H3,(H,19,22)(H3,18,20,21);1H. The van der Waals surface area contributed by atoms with Gasteiger partial charge in [-0.3, -0.25) is 9.79 Å². The molecule has 0 spiro atoms. The lowest BCUT2D eigenvalue weighted by Gasteiger charge is -2.14. The first kappa shape index (κ1) is 19.7. The Hall–Kier alpha value is -1.31. The maximum Gasteiger partial charge on any atom is 0.223 e. The number of hydrogen-bond acceptors (Lipinski definition) is 2. The van der Waals surface area contributed by atoms with Crippen molar-refractivity contribution in [2.75, 3.05) is 18.4 Å². The average molecular weight is 430 g/mol. The molecule has 1 amide bonds. The summed E-state index contributed by atoms with van der Waals surface area (Å²) in [6.45, 7) is 5.28. The summed E-state index contributed by atoms with van der Waals surface area (Å²) in [6, 6.07) is 6.28. The van der Waals surface area contributed by atoms with Crippen molar-refractivity contribution in [3.8, 4) is 0 Å². The number of benzene rings is 1. The molecule has 6 heteroatoms. The predicted octanol–water partition coefficient (Wildman–Crippen LogP) is 2.68. The molecule has 128 valence electrons. The Kier molecular flexibility index (Phi) is 8.36. The molecule has 2 rings (SSSR count). The third-order valence-corrected chi connectivity index (χ3v) is 3.89. The lowest BCUT2D eigenvalue weighted by molar-refractivity contribution is -0.122. The van der Waals surface area contributed by atoms with E-state index in [1.807, 2.05) is 0 Å². The van der Waals surface area contributed by atoms with Gasteiger partial charge in [0, 0.05) is 18.2 Å². The summed E-state index contributed by atoms with van der Waals surface area (Å²) in [5, 5.41) is 6.10. The molecule has 1 fully saturated rings. The summed E-state index contributed by atoms with van der Waals surface area (Å²) >= 11 is 0. The maximum atomic E-state index is 11.5. The number of aryl methyl sites for hydroxylation is 2. The Morgan fingerprint density at radius 2 is 1.87 bits per heavy atom. The molecule has 0 aromatic heterocycles.